The highest BCUT2D eigenvalue weighted by atomic mass is 16.5. The molecule has 252 valence electrons. The third-order valence-corrected chi connectivity index (χ3v) is 6.44. The van der Waals surface area contributed by atoms with Crippen LogP contribution in [0, 0.1) is 0 Å². The molecule has 0 radical (unpaired) electrons. The van der Waals surface area contributed by atoms with Gasteiger partial charge in [0, 0.05) is 6.42 Å². The Bertz CT molecular complexity index is 995. The molecule has 9 nitrogen and oxygen atoms in total. The number of aliphatic hydroxyl groups is 1. The molecule has 2 unspecified atom stereocenters. The lowest BCUT2D eigenvalue weighted by Gasteiger charge is -2.14. The fourth-order valence-corrected chi connectivity index (χ4v) is 3.94. The second kappa shape index (κ2) is 30.3. The molecule has 0 bridgehead atoms. The molecule has 0 spiro atoms. The van der Waals surface area contributed by atoms with Crippen molar-refractivity contribution in [2.24, 2.45) is 0 Å². The average molecular weight is 629 g/mol. The molecule has 9 heteroatoms. The zero-order chi connectivity index (χ0) is 33.4. The smallest absolute Gasteiger partial charge is 0.328 e. The Labute approximate surface area is 270 Å². The summed E-state index contributed by atoms with van der Waals surface area (Å²) in [6.45, 7) is 3.15. The van der Waals surface area contributed by atoms with Crippen molar-refractivity contribution in [3.8, 4) is 0 Å². The van der Waals surface area contributed by atoms with Crippen LogP contribution in [-0.4, -0.2) is 59.3 Å². The van der Waals surface area contributed by atoms with Gasteiger partial charge in [0.05, 0.1) is 19.6 Å². The van der Waals surface area contributed by atoms with Crippen LogP contribution in [0.25, 0.3) is 0 Å². The molecule has 0 fully saturated rings. The summed E-state index contributed by atoms with van der Waals surface area (Å²) in [7, 11) is 0. The van der Waals surface area contributed by atoms with Crippen LogP contribution < -0.4 is 10.6 Å². The first-order valence-electron chi connectivity index (χ1n) is 16.3. The molecular formula is C36H56N2O7. The first-order valence-corrected chi connectivity index (χ1v) is 16.3. The van der Waals surface area contributed by atoms with Gasteiger partial charge < -0.3 is 25.6 Å². The van der Waals surface area contributed by atoms with E-state index in [4.69, 9.17) is 14.9 Å². The van der Waals surface area contributed by atoms with Gasteiger partial charge in [0.15, 0.2) is 0 Å². The van der Waals surface area contributed by atoms with Crippen LogP contribution in [0.3, 0.4) is 0 Å². The maximum Gasteiger partial charge on any atom is 0.328 e. The molecule has 2 amide bonds. The number of rotatable bonds is 27. The van der Waals surface area contributed by atoms with Crippen LogP contribution >= 0.6 is 0 Å². The van der Waals surface area contributed by atoms with Crippen LogP contribution in [0.4, 0.5) is 0 Å². The summed E-state index contributed by atoms with van der Waals surface area (Å²) in [4.78, 5) is 46.9. The minimum Gasteiger partial charge on any atom is -0.480 e. The van der Waals surface area contributed by atoms with Gasteiger partial charge in [-0.25, -0.2) is 4.79 Å². The van der Waals surface area contributed by atoms with E-state index in [2.05, 4.69) is 73.1 Å². The van der Waals surface area contributed by atoms with E-state index in [1.807, 2.05) is 24.3 Å². The molecule has 0 aliphatic carbocycles. The highest BCUT2D eigenvalue weighted by Crippen LogP contribution is 2.12. The predicted molar refractivity (Wildman–Crippen MR) is 180 cm³/mol. The second-order valence-corrected chi connectivity index (χ2v) is 10.5. The van der Waals surface area contributed by atoms with Crippen molar-refractivity contribution in [3.05, 3.63) is 72.9 Å². The lowest BCUT2D eigenvalue weighted by molar-refractivity contribution is -0.146. The molecule has 0 rings (SSSR count). The Morgan fingerprint density at radius 2 is 1.31 bits per heavy atom. The molecule has 0 aromatic heterocycles. The normalized spacial score (nSPS) is 13.5. The summed E-state index contributed by atoms with van der Waals surface area (Å²) in [6, 6.07) is -1.40. The lowest BCUT2D eigenvalue weighted by Crippen LogP contribution is -2.47. The van der Waals surface area contributed by atoms with Crippen molar-refractivity contribution in [1.29, 1.82) is 0 Å². The number of hydrogen-bond acceptors (Lipinski definition) is 6. The van der Waals surface area contributed by atoms with Gasteiger partial charge >= 0.3 is 11.9 Å². The van der Waals surface area contributed by atoms with Crippen LogP contribution in [0.2, 0.25) is 0 Å². The van der Waals surface area contributed by atoms with Crippen LogP contribution in [0.1, 0.15) is 104 Å². The Morgan fingerprint density at radius 1 is 0.733 bits per heavy atom. The van der Waals surface area contributed by atoms with Gasteiger partial charge in [0.1, 0.15) is 12.1 Å². The van der Waals surface area contributed by atoms with Crippen molar-refractivity contribution >= 4 is 23.8 Å². The number of unbranched alkanes of at least 4 members (excludes halogenated alkanes) is 4. The highest BCUT2D eigenvalue weighted by molar-refractivity contribution is 5.87. The minimum absolute atomic E-state index is 0.232. The topological polar surface area (TPSA) is 142 Å². The monoisotopic (exact) mass is 628 g/mol. The maximum atomic E-state index is 12.4. The van der Waals surface area contributed by atoms with E-state index < -0.39 is 24.5 Å². The van der Waals surface area contributed by atoms with Gasteiger partial charge in [-0.15, -0.1) is 0 Å². The largest absolute Gasteiger partial charge is 0.480 e. The number of carboxylic acids is 1. The molecule has 2 atom stereocenters. The number of ether oxygens (including phenoxy) is 1. The number of hydrogen-bond donors (Lipinski definition) is 4. The Morgan fingerprint density at radius 3 is 1.87 bits per heavy atom. The molecule has 45 heavy (non-hydrogen) atoms. The van der Waals surface area contributed by atoms with E-state index in [0.717, 1.165) is 64.2 Å². The van der Waals surface area contributed by atoms with Gasteiger partial charge in [-0.2, -0.15) is 0 Å². The summed E-state index contributed by atoms with van der Waals surface area (Å²) in [5.41, 5.74) is 0. The zero-order valence-electron chi connectivity index (χ0n) is 27.3. The molecule has 0 aromatic rings. The number of carbonyl (C=O) groups is 4. The molecular weight excluding hydrogens is 572 g/mol. The van der Waals surface area contributed by atoms with Crippen molar-refractivity contribution in [2.45, 2.75) is 116 Å². The summed E-state index contributed by atoms with van der Waals surface area (Å²) in [5, 5.41) is 22.3. The number of allylic oxidation sites excluding steroid dienone is 10. The fourth-order valence-electron chi connectivity index (χ4n) is 3.94. The van der Waals surface area contributed by atoms with Gasteiger partial charge in [0.2, 0.25) is 11.8 Å². The number of carbonyl (C=O) groups excluding carboxylic acids is 3. The Kier molecular flexibility index (Phi) is 27.8. The van der Waals surface area contributed by atoms with E-state index in [1.54, 1.807) is 0 Å². The van der Waals surface area contributed by atoms with E-state index >= 15 is 0 Å². The first kappa shape index (κ1) is 41.3. The number of aliphatic hydroxyl groups excluding tert-OH is 1. The zero-order valence-corrected chi connectivity index (χ0v) is 27.3. The maximum absolute atomic E-state index is 12.4. The van der Waals surface area contributed by atoms with E-state index in [9.17, 15) is 19.2 Å². The quantitative estimate of drug-likeness (QED) is 0.0468. The standard InChI is InChI=1S/C36H56N2O7/c1-3-5-7-8-9-10-11-12-13-14-15-16-17-18-24-28-35(42)45-31(25-21-6-4-2)26-22-19-20-23-27-33(40)37-29-34(41)38-32(30-39)36(43)44/h5,7,9-10,12-13,15-16,18,21,24-25,31-32,39H,3-4,6,8,11,14,17,19-20,22-23,26-30H2,1-2H3,(H,37,40)(H,38,41)(H,43,44)/b7-5-,10-9-,13-12-,16-15-,24-18-,25-21-. The van der Waals surface area contributed by atoms with Gasteiger partial charge in [-0.05, 0) is 63.9 Å². The molecule has 0 heterocycles. The summed E-state index contributed by atoms with van der Waals surface area (Å²) in [5.74, 6) is -2.58. The number of amides is 2. The Balaban J connectivity index is 4.21. The van der Waals surface area contributed by atoms with E-state index in [1.165, 1.54) is 0 Å². The molecule has 0 aliphatic heterocycles. The van der Waals surface area contributed by atoms with Crippen LogP contribution in [0.15, 0.2) is 72.9 Å². The fraction of sp³-hybridized carbons (Fsp3) is 0.556. The molecule has 0 saturated heterocycles. The summed E-state index contributed by atoms with van der Waals surface area (Å²) in [6.07, 6.45) is 35.7. The van der Waals surface area contributed by atoms with Crippen molar-refractivity contribution in [3.63, 3.8) is 0 Å². The SMILES string of the molecule is CC/C=C\C/C=C\C/C=C\C/C=C\C/C=C\CC(=O)OC(/C=C\CCC)CCCCCCC(=O)NCC(=O)NC(CO)C(=O)O. The van der Waals surface area contributed by atoms with Crippen molar-refractivity contribution in [1.82, 2.24) is 10.6 Å². The second-order valence-electron chi connectivity index (χ2n) is 10.5. The third-order valence-electron chi connectivity index (χ3n) is 6.44. The lowest BCUT2D eigenvalue weighted by atomic mass is 10.1. The number of esters is 1. The molecule has 0 aliphatic rings. The van der Waals surface area contributed by atoms with Gasteiger partial charge in [0.25, 0.3) is 0 Å². The summed E-state index contributed by atoms with van der Waals surface area (Å²) >= 11 is 0. The van der Waals surface area contributed by atoms with Gasteiger partial charge in [-0.1, -0.05) is 99.9 Å². The first-order chi connectivity index (χ1) is 21.8. The molecule has 0 saturated carbocycles. The minimum atomic E-state index is -1.40. The number of aliphatic carboxylic acids is 1. The number of carboxylic acid groups (broad SMARTS) is 1. The van der Waals surface area contributed by atoms with E-state index in [-0.39, 0.29) is 37.4 Å². The van der Waals surface area contributed by atoms with E-state index in [0.29, 0.717) is 12.8 Å². The predicted octanol–water partition coefficient (Wildman–Crippen LogP) is 6.41. The summed E-state index contributed by atoms with van der Waals surface area (Å²) < 4.78 is 5.70. The van der Waals surface area contributed by atoms with Crippen molar-refractivity contribution < 1.29 is 34.1 Å². The van der Waals surface area contributed by atoms with Gasteiger partial charge in [-0.3, -0.25) is 14.4 Å². The van der Waals surface area contributed by atoms with Crippen LogP contribution in [0.5, 0.6) is 0 Å². The Hall–Kier alpha value is -3.72. The molecule has 4 N–H and O–H groups in total. The number of nitrogens with one attached hydrogen (secondary N) is 2. The van der Waals surface area contributed by atoms with Crippen LogP contribution in [-0.2, 0) is 23.9 Å². The average Bonchev–Trinajstić information content (AvgIpc) is 3.02. The van der Waals surface area contributed by atoms with Crippen molar-refractivity contribution in [2.75, 3.05) is 13.2 Å². The third kappa shape index (κ3) is 27.6. The molecule has 0 aromatic carbocycles. The highest BCUT2D eigenvalue weighted by Gasteiger charge is 2.18.